The van der Waals surface area contributed by atoms with Crippen molar-refractivity contribution in [1.82, 2.24) is 4.98 Å². The summed E-state index contributed by atoms with van der Waals surface area (Å²) in [6.45, 7) is 0. The number of aromatic carboxylic acids is 1. The van der Waals surface area contributed by atoms with Gasteiger partial charge in [0.1, 0.15) is 5.15 Å². The molecule has 0 saturated carbocycles. The van der Waals surface area contributed by atoms with E-state index in [0.29, 0.717) is 15.9 Å². The molecular formula is C10H5Cl2NO2. The minimum Gasteiger partial charge on any atom is -0.478 e. The highest BCUT2D eigenvalue weighted by atomic mass is 35.5. The molecule has 0 amide bonds. The maximum Gasteiger partial charge on any atom is 0.337 e. The predicted octanol–water partition coefficient (Wildman–Crippen LogP) is 3.24. The van der Waals surface area contributed by atoms with Gasteiger partial charge in [-0.05, 0) is 12.1 Å². The van der Waals surface area contributed by atoms with Gasteiger partial charge in [-0.2, -0.15) is 0 Å². The Morgan fingerprint density at radius 3 is 2.73 bits per heavy atom. The van der Waals surface area contributed by atoms with Crippen LogP contribution < -0.4 is 0 Å². The number of nitrogens with zero attached hydrogens (tertiary/aromatic N) is 1. The highest BCUT2D eigenvalue weighted by Crippen LogP contribution is 2.26. The number of fused-ring (bicyclic) bond motifs is 1. The maximum absolute atomic E-state index is 10.9. The fraction of sp³-hybridized carbons (Fsp3) is 0. The molecule has 5 heteroatoms. The number of hydrogen-bond acceptors (Lipinski definition) is 2. The molecule has 0 atom stereocenters. The van der Waals surface area contributed by atoms with Crippen molar-refractivity contribution in [2.24, 2.45) is 0 Å². The number of benzene rings is 1. The Balaban J connectivity index is 2.86. The molecule has 1 aromatic heterocycles. The summed E-state index contributed by atoms with van der Waals surface area (Å²) in [5, 5.41) is 10.0. The van der Waals surface area contributed by atoms with Gasteiger partial charge in [0.2, 0.25) is 0 Å². The molecule has 2 aromatic rings. The van der Waals surface area contributed by atoms with Crippen molar-refractivity contribution in [3.8, 4) is 0 Å². The van der Waals surface area contributed by atoms with Crippen molar-refractivity contribution in [2.45, 2.75) is 0 Å². The third-order valence-electron chi connectivity index (χ3n) is 1.99. The third kappa shape index (κ3) is 1.76. The van der Waals surface area contributed by atoms with Gasteiger partial charge < -0.3 is 5.11 Å². The zero-order chi connectivity index (χ0) is 11.0. The van der Waals surface area contributed by atoms with Gasteiger partial charge in [0.25, 0.3) is 0 Å². The molecule has 1 aromatic carbocycles. The second kappa shape index (κ2) is 3.68. The number of rotatable bonds is 1. The number of hydrogen-bond donors (Lipinski definition) is 1. The van der Waals surface area contributed by atoms with Crippen molar-refractivity contribution in [3.63, 3.8) is 0 Å². The van der Waals surface area contributed by atoms with Gasteiger partial charge in [-0.25, -0.2) is 9.78 Å². The summed E-state index contributed by atoms with van der Waals surface area (Å²) >= 11 is 11.5. The summed E-state index contributed by atoms with van der Waals surface area (Å²) in [4.78, 5) is 14.8. The van der Waals surface area contributed by atoms with Crippen LogP contribution in [0.25, 0.3) is 10.9 Å². The Bertz CT molecular complexity index is 554. The lowest BCUT2D eigenvalue weighted by Crippen LogP contribution is -1.98. The molecule has 1 heterocycles. The molecule has 0 aliphatic heterocycles. The van der Waals surface area contributed by atoms with Gasteiger partial charge in [0, 0.05) is 5.39 Å². The zero-order valence-corrected chi connectivity index (χ0v) is 8.88. The molecule has 1 N–H and O–H groups in total. The molecule has 0 radical (unpaired) electrons. The minimum absolute atomic E-state index is 0.109. The van der Waals surface area contributed by atoms with E-state index in [1.807, 2.05) is 0 Å². The van der Waals surface area contributed by atoms with Crippen LogP contribution >= 0.6 is 23.2 Å². The first-order valence-electron chi connectivity index (χ1n) is 4.07. The molecule has 2 rings (SSSR count). The van der Waals surface area contributed by atoms with Crippen molar-refractivity contribution < 1.29 is 9.90 Å². The van der Waals surface area contributed by atoms with Gasteiger partial charge in [0.15, 0.2) is 0 Å². The zero-order valence-electron chi connectivity index (χ0n) is 7.37. The van der Waals surface area contributed by atoms with E-state index >= 15 is 0 Å². The Morgan fingerprint density at radius 2 is 2.07 bits per heavy atom. The molecule has 0 saturated heterocycles. The van der Waals surface area contributed by atoms with Crippen LogP contribution in [0.5, 0.6) is 0 Å². The van der Waals surface area contributed by atoms with Crippen LogP contribution in [0.2, 0.25) is 10.2 Å². The largest absolute Gasteiger partial charge is 0.478 e. The van der Waals surface area contributed by atoms with Crippen molar-refractivity contribution in [2.75, 3.05) is 0 Å². The monoisotopic (exact) mass is 241 g/mol. The minimum atomic E-state index is -1.04. The van der Waals surface area contributed by atoms with Crippen LogP contribution in [0.3, 0.4) is 0 Å². The standard InChI is InChI=1S/C10H5Cl2NO2/c11-7-4-5-2-1-3-6(10(14)15)8(5)13-9(7)12/h1-4H,(H,14,15). The Morgan fingerprint density at radius 1 is 1.33 bits per heavy atom. The van der Waals surface area contributed by atoms with E-state index in [4.69, 9.17) is 28.3 Å². The van der Waals surface area contributed by atoms with E-state index in [1.54, 1.807) is 18.2 Å². The van der Waals surface area contributed by atoms with E-state index in [1.165, 1.54) is 6.07 Å². The topological polar surface area (TPSA) is 50.2 Å². The fourth-order valence-electron chi connectivity index (χ4n) is 1.32. The van der Waals surface area contributed by atoms with Crippen molar-refractivity contribution in [3.05, 3.63) is 40.0 Å². The number of halogens is 2. The maximum atomic E-state index is 10.9. The molecular weight excluding hydrogens is 237 g/mol. The van der Waals surface area contributed by atoms with Gasteiger partial charge in [0.05, 0.1) is 16.1 Å². The van der Waals surface area contributed by atoms with E-state index in [2.05, 4.69) is 4.98 Å². The summed E-state index contributed by atoms with van der Waals surface area (Å²) in [7, 11) is 0. The summed E-state index contributed by atoms with van der Waals surface area (Å²) in [5.74, 6) is -1.04. The summed E-state index contributed by atoms with van der Waals surface area (Å²) in [5.41, 5.74) is 0.463. The second-order valence-corrected chi connectivity index (χ2v) is 3.71. The lowest BCUT2D eigenvalue weighted by atomic mass is 10.1. The Hall–Kier alpha value is -1.32. The number of pyridine rings is 1. The van der Waals surface area contributed by atoms with Crippen LogP contribution in [0, 0.1) is 0 Å². The van der Waals surface area contributed by atoms with Crippen LogP contribution in [-0.2, 0) is 0 Å². The molecule has 76 valence electrons. The Labute approximate surface area is 95.3 Å². The smallest absolute Gasteiger partial charge is 0.337 e. The SMILES string of the molecule is O=C(O)c1cccc2cc(Cl)c(Cl)nc12. The van der Waals surface area contributed by atoms with Crippen LogP contribution in [0.1, 0.15) is 10.4 Å². The molecule has 15 heavy (non-hydrogen) atoms. The predicted molar refractivity (Wildman–Crippen MR) is 58.7 cm³/mol. The quantitative estimate of drug-likeness (QED) is 0.781. The first-order valence-corrected chi connectivity index (χ1v) is 4.83. The van der Waals surface area contributed by atoms with Crippen LogP contribution in [0.4, 0.5) is 0 Å². The number of carboxylic acids is 1. The van der Waals surface area contributed by atoms with Gasteiger partial charge in [-0.3, -0.25) is 0 Å². The second-order valence-electron chi connectivity index (χ2n) is 2.94. The summed E-state index contributed by atoms with van der Waals surface area (Å²) < 4.78 is 0. The number of para-hydroxylation sites is 1. The van der Waals surface area contributed by atoms with Crippen molar-refractivity contribution in [1.29, 1.82) is 0 Å². The third-order valence-corrected chi connectivity index (χ3v) is 2.66. The van der Waals surface area contributed by atoms with E-state index < -0.39 is 5.97 Å². The van der Waals surface area contributed by atoms with Crippen molar-refractivity contribution >= 4 is 40.1 Å². The molecule has 0 fully saturated rings. The number of carboxylic acid groups (broad SMARTS) is 1. The summed E-state index contributed by atoms with van der Waals surface area (Å²) in [6.07, 6.45) is 0. The molecule has 0 bridgehead atoms. The molecule has 0 unspecified atom stereocenters. The summed E-state index contributed by atoms with van der Waals surface area (Å²) in [6, 6.07) is 6.44. The van der Waals surface area contributed by atoms with E-state index in [-0.39, 0.29) is 10.7 Å². The highest BCUT2D eigenvalue weighted by Gasteiger charge is 2.11. The Kier molecular flexibility index (Phi) is 2.50. The highest BCUT2D eigenvalue weighted by molar-refractivity contribution is 6.41. The first kappa shape index (κ1) is 10.2. The van der Waals surface area contributed by atoms with E-state index in [9.17, 15) is 4.79 Å². The van der Waals surface area contributed by atoms with Crippen LogP contribution in [-0.4, -0.2) is 16.1 Å². The number of aromatic nitrogens is 1. The molecule has 0 spiro atoms. The fourth-order valence-corrected chi connectivity index (χ4v) is 1.62. The van der Waals surface area contributed by atoms with Crippen LogP contribution in [0.15, 0.2) is 24.3 Å². The van der Waals surface area contributed by atoms with Gasteiger partial charge in [-0.1, -0.05) is 35.3 Å². The molecule has 0 aliphatic rings. The number of carbonyl (C=O) groups is 1. The normalized spacial score (nSPS) is 10.5. The first-order chi connectivity index (χ1) is 7.09. The lowest BCUT2D eigenvalue weighted by molar-refractivity contribution is 0.0699. The van der Waals surface area contributed by atoms with Gasteiger partial charge >= 0.3 is 5.97 Å². The average Bonchev–Trinajstić information content (AvgIpc) is 2.18. The molecule has 0 aliphatic carbocycles. The van der Waals surface area contributed by atoms with Gasteiger partial charge in [-0.15, -0.1) is 0 Å². The average molecular weight is 242 g/mol. The lowest BCUT2D eigenvalue weighted by Gasteiger charge is -2.03. The van der Waals surface area contributed by atoms with E-state index in [0.717, 1.165) is 0 Å². The molecule has 3 nitrogen and oxygen atoms in total.